The first-order valence-corrected chi connectivity index (χ1v) is 5.34. The molecular weight excluding hydrogens is 178 g/mol. The van der Waals surface area contributed by atoms with Gasteiger partial charge in [-0.15, -0.1) is 0 Å². The molecule has 1 rings (SSSR count). The van der Waals surface area contributed by atoms with Gasteiger partial charge in [0.1, 0.15) is 6.04 Å². The van der Waals surface area contributed by atoms with Crippen LogP contribution in [0.5, 0.6) is 0 Å². The highest BCUT2D eigenvalue weighted by Gasteiger charge is 2.31. The predicted octanol–water partition coefficient (Wildman–Crippen LogP) is -0.242. The summed E-state index contributed by atoms with van der Waals surface area (Å²) in [4.78, 5) is 16.1. The molecule has 82 valence electrons. The quantitative estimate of drug-likeness (QED) is 0.678. The van der Waals surface area contributed by atoms with Crippen molar-refractivity contribution < 1.29 is 4.79 Å². The van der Waals surface area contributed by atoms with Gasteiger partial charge in [0.25, 0.3) is 0 Å². The van der Waals surface area contributed by atoms with Crippen molar-refractivity contribution in [3.63, 3.8) is 0 Å². The molecule has 1 aliphatic heterocycles. The summed E-state index contributed by atoms with van der Waals surface area (Å²) in [7, 11) is 3.91. The Morgan fingerprint density at radius 1 is 1.50 bits per heavy atom. The lowest BCUT2D eigenvalue weighted by Crippen LogP contribution is -2.58. The molecule has 1 fully saturated rings. The molecule has 1 aliphatic rings. The monoisotopic (exact) mass is 199 g/mol. The zero-order valence-corrected chi connectivity index (χ0v) is 9.42. The minimum atomic E-state index is 0.0281. The van der Waals surface area contributed by atoms with Gasteiger partial charge in [-0.25, -0.2) is 0 Å². The zero-order chi connectivity index (χ0) is 10.6. The van der Waals surface area contributed by atoms with Crippen molar-refractivity contribution in [2.75, 3.05) is 40.3 Å². The Balaban J connectivity index is 2.57. The van der Waals surface area contributed by atoms with Crippen LogP contribution in [0.25, 0.3) is 0 Å². The van der Waals surface area contributed by atoms with Crippen molar-refractivity contribution in [1.82, 2.24) is 15.1 Å². The first-order valence-electron chi connectivity index (χ1n) is 5.34. The van der Waals surface area contributed by atoms with Crippen LogP contribution < -0.4 is 5.32 Å². The van der Waals surface area contributed by atoms with E-state index in [2.05, 4.69) is 17.1 Å². The number of nitrogens with one attached hydrogen (secondary N) is 1. The van der Waals surface area contributed by atoms with E-state index in [9.17, 15) is 4.79 Å². The van der Waals surface area contributed by atoms with Gasteiger partial charge in [-0.1, -0.05) is 6.92 Å². The van der Waals surface area contributed by atoms with Crippen LogP contribution in [0.3, 0.4) is 0 Å². The first kappa shape index (κ1) is 11.5. The van der Waals surface area contributed by atoms with Gasteiger partial charge in [-0.05, 0) is 20.5 Å². The Bertz CT molecular complexity index is 196. The van der Waals surface area contributed by atoms with Crippen LogP contribution >= 0.6 is 0 Å². The number of rotatable bonds is 4. The summed E-state index contributed by atoms with van der Waals surface area (Å²) in [5.74, 6) is 0.273. The molecule has 4 nitrogen and oxygen atoms in total. The number of hydrogen-bond donors (Lipinski definition) is 1. The number of piperazine rings is 1. The largest absolute Gasteiger partial charge is 0.340 e. The number of hydrogen-bond acceptors (Lipinski definition) is 3. The lowest BCUT2D eigenvalue weighted by Gasteiger charge is -2.38. The molecule has 0 aromatic rings. The van der Waals surface area contributed by atoms with Gasteiger partial charge >= 0.3 is 0 Å². The molecule has 0 saturated carbocycles. The maximum absolute atomic E-state index is 12.0. The van der Waals surface area contributed by atoms with Crippen LogP contribution in [0.4, 0.5) is 0 Å². The van der Waals surface area contributed by atoms with Gasteiger partial charge in [-0.3, -0.25) is 9.69 Å². The number of likely N-dealkylation sites (N-methyl/N-ethyl adjacent to an activating group) is 2. The predicted molar refractivity (Wildman–Crippen MR) is 57.2 cm³/mol. The molecule has 4 heteroatoms. The fraction of sp³-hybridized carbons (Fsp3) is 0.900. The van der Waals surface area contributed by atoms with Crippen molar-refractivity contribution in [1.29, 1.82) is 0 Å². The van der Waals surface area contributed by atoms with Crippen molar-refractivity contribution >= 4 is 5.91 Å². The van der Waals surface area contributed by atoms with Gasteiger partial charge in [0, 0.05) is 26.2 Å². The zero-order valence-electron chi connectivity index (χ0n) is 9.42. The summed E-state index contributed by atoms with van der Waals surface area (Å²) in [5.41, 5.74) is 0. The van der Waals surface area contributed by atoms with Crippen molar-refractivity contribution in [3.05, 3.63) is 0 Å². The van der Waals surface area contributed by atoms with Crippen LogP contribution in [-0.2, 0) is 4.79 Å². The lowest BCUT2D eigenvalue weighted by atomic mass is 10.1. The van der Waals surface area contributed by atoms with Crippen LogP contribution in [0.2, 0.25) is 0 Å². The Morgan fingerprint density at radius 3 is 2.79 bits per heavy atom. The molecule has 1 amide bonds. The smallest absolute Gasteiger partial charge is 0.241 e. The third-order valence-electron chi connectivity index (χ3n) is 2.74. The van der Waals surface area contributed by atoms with E-state index in [4.69, 9.17) is 0 Å². The first-order chi connectivity index (χ1) is 6.70. The molecule has 0 spiro atoms. The molecule has 1 atom stereocenters. The molecule has 1 heterocycles. The molecule has 0 aromatic carbocycles. The van der Waals surface area contributed by atoms with Gasteiger partial charge in [0.05, 0.1) is 0 Å². The minimum Gasteiger partial charge on any atom is -0.340 e. The SMILES string of the molecule is CCCN1CCN(C)C(CNC)C1=O. The average molecular weight is 199 g/mol. The maximum atomic E-state index is 12.0. The number of nitrogens with zero attached hydrogens (tertiary/aromatic N) is 2. The topological polar surface area (TPSA) is 35.6 Å². The average Bonchev–Trinajstić information content (AvgIpc) is 2.17. The van der Waals surface area contributed by atoms with E-state index < -0.39 is 0 Å². The summed E-state index contributed by atoms with van der Waals surface area (Å²) in [5, 5.41) is 3.07. The van der Waals surface area contributed by atoms with Crippen molar-refractivity contribution in [2.45, 2.75) is 19.4 Å². The van der Waals surface area contributed by atoms with Gasteiger partial charge in [-0.2, -0.15) is 0 Å². The number of carbonyl (C=O) groups is 1. The summed E-state index contributed by atoms with van der Waals surface area (Å²) in [6.07, 6.45) is 1.04. The molecule has 1 N–H and O–H groups in total. The van der Waals surface area contributed by atoms with E-state index in [0.717, 1.165) is 32.6 Å². The van der Waals surface area contributed by atoms with Crippen LogP contribution in [0.15, 0.2) is 0 Å². The Labute approximate surface area is 86.2 Å². The summed E-state index contributed by atoms with van der Waals surface area (Å²) in [6.45, 7) is 5.61. The number of carbonyl (C=O) groups excluding carboxylic acids is 1. The van der Waals surface area contributed by atoms with Crippen LogP contribution in [-0.4, -0.2) is 62.0 Å². The molecule has 0 radical (unpaired) electrons. The van der Waals surface area contributed by atoms with E-state index in [1.165, 1.54) is 0 Å². The van der Waals surface area contributed by atoms with E-state index in [1.54, 1.807) is 0 Å². The Morgan fingerprint density at radius 2 is 2.21 bits per heavy atom. The Hall–Kier alpha value is -0.610. The highest BCUT2D eigenvalue weighted by molar-refractivity contribution is 5.82. The van der Waals surface area contributed by atoms with E-state index in [1.807, 2.05) is 19.0 Å². The molecule has 1 saturated heterocycles. The van der Waals surface area contributed by atoms with E-state index in [0.29, 0.717) is 0 Å². The molecule has 1 unspecified atom stereocenters. The Kier molecular flexibility index (Phi) is 4.35. The lowest BCUT2D eigenvalue weighted by molar-refractivity contribution is -0.140. The molecular formula is C10H21N3O. The minimum absolute atomic E-state index is 0.0281. The number of amides is 1. The fourth-order valence-corrected chi connectivity index (χ4v) is 1.87. The van der Waals surface area contributed by atoms with Crippen LogP contribution in [0, 0.1) is 0 Å². The highest BCUT2D eigenvalue weighted by Crippen LogP contribution is 2.09. The fourth-order valence-electron chi connectivity index (χ4n) is 1.87. The second kappa shape index (κ2) is 5.32. The summed E-state index contributed by atoms with van der Waals surface area (Å²) in [6, 6.07) is 0.0281. The second-order valence-corrected chi connectivity index (χ2v) is 3.88. The normalized spacial score (nSPS) is 24.4. The van der Waals surface area contributed by atoms with Crippen molar-refractivity contribution in [2.24, 2.45) is 0 Å². The van der Waals surface area contributed by atoms with Gasteiger partial charge in [0.15, 0.2) is 0 Å². The van der Waals surface area contributed by atoms with E-state index >= 15 is 0 Å². The van der Waals surface area contributed by atoms with Gasteiger partial charge in [0.2, 0.25) is 5.91 Å². The third kappa shape index (κ3) is 2.45. The molecule has 0 aliphatic carbocycles. The summed E-state index contributed by atoms with van der Waals surface area (Å²) >= 11 is 0. The molecule has 0 aromatic heterocycles. The summed E-state index contributed by atoms with van der Waals surface area (Å²) < 4.78 is 0. The van der Waals surface area contributed by atoms with E-state index in [-0.39, 0.29) is 11.9 Å². The maximum Gasteiger partial charge on any atom is 0.241 e. The molecule has 14 heavy (non-hydrogen) atoms. The highest BCUT2D eigenvalue weighted by atomic mass is 16.2. The van der Waals surface area contributed by atoms with Crippen molar-refractivity contribution in [3.8, 4) is 0 Å². The second-order valence-electron chi connectivity index (χ2n) is 3.88. The molecule has 0 bridgehead atoms. The van der Waals surface area contributed by atoms with Gasteiger partial charge < -0.3 is 10.2 Å². The standard InChI is InChI=1S/C10H21N3O/c1-4-5-13-7-6-12(3)9(8-11-2)10(13)14/h9,11H,4-8H2,1-3H3. The van der Waals surface area contributed by atoms with Crippen LogP contribution in [0.1, 0.15) is 13.3 Å². The third-order valence-corrected chi connectivity index (χ3v) is 2.74.